The largest absolute Gasteiger partial charge is 0.443 e. The van der Waals surface area contributed by atoms with Gasteiger partial charge in [-0.25, -0.2) is 9.37 Å². The van der Waals surface area contributed by atoms with Gasteiger partial charge in [-0.05, 0) is 31.5 Å². The Morgan fingerprint density at radius 1 is 1.26 bits per heavy atom. The number of fused-ring (bicyclic) bond motifs is 1. The Balaban J connectivity index is 1.86. The summed E-state index contributed by atoms with van der Waals surface area (Å²) >= 11 is 6.17. The van der Waals surface area contributed by atoms with Crippen molar-refractivity contribution in [1.29, 1.82) is 0 Å². The number of ether oxygens (including phenoxy) is 1. The number of nitrogens with two attached hydrogens (primary N) is 1. The molecule has 0 amide bonds. The zero-order chi connectivity index (χ0) is 19.6. The Labute approximate surface area is 162 Å². The summed E-state index contributed by atoms with van der Waals surface area (Å²) in [5.74, 6) is 1.36. The van der Waals surface area contributed by atoms with Gasteiger partial charge in [-0.1, -0.05) is 17.7 Å². The van der Waals surface area contributed by atoms with E-state index in [1.54, 1.807) is 13.2 Å². The van der Waals surface area contributed by atoms with Crippen LogP contribution in [0.3, 0.4) is 0 Å². The normalized spacial score (nSPS) is 11.6. The molecular formula is C19H22ClFN4O2. The Morgan fingerprint density at radius 2 is 2.04 bits per heavy atom. The number of methoxy groups -OCH3 is 1. The number of benzene rings is 1. The van der Waals surface area contributed by atoms with Crippen molar-refractivity contribution in [1.82, 2.24) is 14.9 Å². The molecular weight excluding hydrogens is 371 g/mol. The molecule has 0 atom stereocenters. The van der Waals surface area contributed by atoms with Crippen molar-refractivity contribution in [3.63, 3.8) is 0 Å². The molecule has 8 heteroatoms. The fourth-order valence-corrected chi connectivity index (χ4v) is 3.15. The van der Waals surface area contributed by atoms with Crippen LogP contribution in [0.25, 0.3) is 11.1 Å². The van der Waals surface area contributed by atoms with Crippen LogP contribution < -0.4 is 5.73 Å². The van der Waals surface area contributed by atoms with Gasteiger partial charge in [0.15, 0.2) is 0 Å². The van der Waals surface area contributed by atoms with Crippen LogP contribution in [0.2, 0.25) is 5.02 Å². The molecule has 3 aromatic rings. The van der Waals surface area contributed by atoms with Gasteiger partial charge in [0.25, 0.3) is 0 Å². The minimum atomic E-state index is -0.364. The van der Waals surface area contributed by atoms with E-state index in [2.05, 4.69) is 14.9 Å². The van der Waals surface area contributed by atoms with Crippen LogP contribution in [-0.2, 0) is 17.8 Å². The summed E-state index contributed by atoms with van der Waals surface area (Å²) in [5, 5.41) is 1.13. The first kappa shape index (κ1) is 19.5. The summed E-state index contributed by atoms with van der Waals surface area (Å²) in [6.45, 7) is 5.88. The molecule has 0 aliphatic carbocycles. The van der Waals surface area contributed by atoms with Crippen LogP contribution in [0.5, 0.6) is 0 Å². The smallest absolute Gasteiger partial charge is 0.231 e. The van der Waals surface area contributed by atoms with Gasteiger partial charge in [-0.3, -0.25) is 4.90 Å². The summed E-state index contributed by atoms with van der Waals surface area (Å²) in [4.78, 5) is 11.0. The van der Waals surface area contributed by atoms with Crippen LogP contribution in [0.4, 0.5) is 10.2 Å². The zero-order valence-electron chi connectivity index (χ0n) is 15.6. The molecule has 0 saturated heterocycles. The molecule has 2 N–H and O–H groups in total. The number of nitrogen functional groups attached to an aromatic ring is 1. The van der Waals surface area contributed by atoms with Gasteiger partial charge < -0.3 is 14.9 Å². The maximum Gasteiger partial charge on any atom is 0.231 e. The highest BCUT2D eigenvalue weighted by atomic mass is 35.5. The summed E-state index contributed by atoms with van der Waals surface area (Å²) in [5.41, 5.74) is 8.37. The molecule has 0 aliphatic rings. The topological polar surface area (TPSA) is 77.4 Å². The number of furan rings is 1. The van der Waals surface area contributed by atoms with E-state index >= 15 is 0 Å². The van der Waals surface area contributed by atoms with Crippen LogP contribution in [0.1, 0.15) is 22.7 Å². The van der Waals surface area contributed by atoms with E-state index in [1.807, 2.05) is 13.8 Å². The van der Waals surface area contributed by atoms with Crippen LogP contribution in [-0.4, -0.2) is 35.1 Å². The Morgan fingerprint density at radius 3 is 2.74 bits per heavy atom. The van der Waals surface area contributed by atoms with E-state index in [1.165, 1.54) is 12.1 Å². The molecule has 0 fully saturated rings. The number of hydrogen-bond donors (Lipinski definition) is 1. The third kappa shape index (κ3) is 4.37. The Kier molecular flexibility index (Phi) is 5.94. The average molecular weight is 393 g/mol. The number of halogens is 2. The number of anilines is 1. The van der Waals surface area contributed by atoms with E-state index in [0.717, 1.165) is 22.3 Å². The monoisotopic (exact) mass is 392 g/mol. The van der Waals surface area contributed by atoms with Crippen molar-refractivity contribution in [2.45, 2.75) is 26.9 Å². The van der Waals surface area contributed by atoms with Crippen molar-refractivity contribution >= 4 is 28.5 Å². The van der Waals surface area contributed by atoms with Gasteiger partial charge in [-0.15, -0.1) is 0 Å². The minimum Gasteiger partial charge on any atom is -0.443 e. The first-order valence-electron chi connectivity index (χ1n) is 8.56. The molecule has 0 radical (unpaired) electrons. The zero-order valence-corrected chi connectivity index (χ0v) is 16.3. The molecule has 1 aromatic carbocycles. The summed E-state index contributed by atoms with van der Waals surface area (Å²) in [6, 6.07) is 4.38. The van der Waals surface area contributed by atoms with Crippen molar-refractivity contribution in [2.24, 2.45) is 0 Å². The highest BCUT2D eigenvalue weighted by Crippen LogP contribution is 2.27. The second-order valence-corrected chi connectivity index (χ2v) is 6.83. The van der Waals surface area contributed by atoms with E-state index in [-0.39, 0.29) is 5.82 Å². The number of aryl methyl sites for hydroxylation is 2. The number of nitrogens with zero attached hydrogens (tertiary/aromatic N) is 3. The summed E-state index contributed by atoms with van der Waals surface area (Å²) in [7, 11) is 1.64. The van der Waals surface area contributed by atoms with Crippen LogP contribution in [0.15, 0.2) is 22.6 Å². The third-order valence-corrected chi connectivity index (χ3v) is 4.84. The molecule has 0 spiro atoms. The van der Waals surface area contributed by atoms with Crippen molar-refractivity contribution in [2.75, 3.05) is 26.0 Å². The fourth-order valence-electron chi connectivity index (χ4n) is 2.92. The van der Waals surface area contributed by atoms with Crippen LogP contribution in [0, 0.1) is 19.7 Å². The highest BCUT2D eigenvalue weighted by Gasteiger charge is 2.17. The minimum absolute atomic E-state index is 0.364. The molecule has 27 heavy (non-hydrogen) atoms. The summed E-state index contributed by atoms with van der Waals surface area (Å²) < 4.78 is 24.2. The third-order valence-electron chi connectivity index (χ3n) is 4.49. The Hall–Kier alpha value is -2.22. The lowest BCUT2D eigenvalue weighted by molar-refractivity contribution is 0.138. The molecule has 0 bridgehead atoms. The summed E-state index contributed by atoms with van der Waals surface area (Å²) in [6.07, 6.45) is 0. The molecule has 0 saturated carbocycles. The van der Waals surface area contributed by atoms with Crippen molar-refractivity contribution in [3.8, 4) is 0 Å². The van der Waals surface area contributed by atoms with E-state index < -0.39 is 0 Å². The van der Waals surface area contributed by atoms with Gasteiger partial charge in [0.05, 0.1) is 18.5 Å². The number of hydrogen-bond acceptors (Lipinski definition) is 6. The molecule has 2 heterocycles. The quantitative estimate of drug-likeness (QED) is 0.657. The number of aromatic nitrogens is 2. The van der Waals surface area contributed by atoms with E-state index in [9.17, 15) is 4.39 Å². The van der Waals surface area contributed by atoms with Gasteiger partial charge >= 0.3 is 0 Å². The van der Waals surface area contributed by atoms with Crippen molar-refractivity contribution < 1.29 is 13.5 Å². The second kappa shape index (κ2) is 8.21. The van der Waals surface area contributed by atoms with Gasteiger partial charge in [0.2, 0.25) is 5.71 Å². The first-order valence-corrected chi connectivity index (χ1v) is 8.94. The second-order valence-electron chi connectivity index (χ2n) is 6.43. The standard InChI is InChI=1S/C19H22ClFN4O2/c1-11-12(2)27-19-17(11)18(22)23-16(24-19)10-25(6-7-26-3)9-13-4-5-14(21)8-15(13)20/h4-5,8H,6-7,9-10H2,1-3H3,(H2,22,23,24). The Bertz CT molecular complexity index is 961. The number of rotatable bonds is 7. The van der Waals surface area contributed by atoms with E-state index in [0.29, 0.717) is 48.6 Å². The molecule has 6 nitrogen and oxygen atoms in total. The fraction of sp³-hybridized carbons (Fsp3) is 0.368. The lowest BCUT2D eigenvalue weighted by atomic mass is 10.2. The molecule has 2 aromatic heterocycles. The lowest BCUT2D eigenvalue weighted by Crippen LogP contribution is -2.28. The molecule has 0 unspecified atom stereocenters. The maximum absolute atomic E-state index is 13.3. The lowest BCUT2D eigenvalue weighted by Gasteiger charge is -2.22. The predicted octanol–water partition coefficient (Wildman–Crippen LogP) is 3.86. The van der Waals surface area contributed by atoms with E-state index in [4.69, 9.17) is 26.5 Å². The SMILES string of the molecule is COCCN(Cc1nc(N)c2c(C)c(C)oc2n1)Cc1ccc(F)cc1Cl. The highest BCUT2D eigenvalue weighted by molar-refractivity contribution is 6.31. The van der Waals surface area contributed by atoms with Crippen LogP contribution >= 0.6 is 11.6 Å². The van der Waals surface area contributed by atoms with Crippen molar-refractivity contribution in [3.05, 3.63) is 51.8 Å². The molecule has 144 valence electrons. The first-order chi connectivity index (χ1) is 12.9. The average Bonchev–Trinajstić information content (AvgIpc) is 2.89. The molecule has 3 rings (SSSR count). The van der Waals surface area contributed by atoms with Gasteiger partial charge in [0.1, 0.15) is 23.2 Å². The van der Waals surface area contributed by atoms with Gasteiger partial charge in [0, 0.05) is 30.8 Å². The van der Waals surface area contributed by atoms with Gasteiger partial charge in [-0.2, -0.15) is 4.98 Å². The maximum atomic E-state index is 13.3. The molecule has 0 aliphatic heterocycles. The predicted molar refractivity (Wildman–Crippen MR) is 103 cm³/mol.